The maximum atomic E-state index is 13.2. The lowest BCUT2D eigenvalue weighted by Crippen LogP contribution is -2.17. The molecule has 0 atom stereocenters. The van der Waals surface area contributed by atoms with Gasteiger partial charge in [0.25, 0.3) is 5.91 Å². The molecular formula is C23H26N6O2S2. The molecule has 10 heteroatoms. The van der Waals surface area contributed by atoms with Gasteiger partial charge < -0.3 is 5.32 Å². The monoisotopic (exact) mass is 482 g/mol. The molecule has 0 aliphatic carbocycles. The summed E-state index contributed by atoms with van der Waals surface area (Å²) < 4.78 is 1.84. The highest BCUT2D eigenvalue weighted by molar-refractivity contribution is 7.17. The first-order valence-corrected chi connectivity index (χ1v) is 12.4. The van der Waals surface area contributed by atoms with Crippen LogP contribution in [0.2, 0.25) is 0 Å². The third-order valence-corrected chi connectivity index (χ3v) is 6.93. The second-order valence-electron chi connectivity index (χ2n) is 8.34. The van der Waals surface area contributed by atoms with Crippen LogP contribution < -0.4 is 10.6 Å². The van der Waals surface area contributed by atoms with E-state index >= 15 is 0 Å². The number of hydrogen-bond donors (Lipinski definition) is 2. The largest absolute Gasteiger partial charge is 0.351 e. The van der Waals surface area contributed by atoms with Gasteiger partial charge in [-0.2, -0.15) is 5.10 Å². The summed E-state index contributed by atoms with van der Waals surface area (Å²) in [6.45, 7) is 10.2. The van der Waals surface area contributed by atoms with Crippen LogP contribution in [0.15, 0.2) is 29.8 Å². The second-order valence-corrected chi connectivity index (χ2v) is 10.4. The number of fused-ring (bicyclic) bond motifs is 1. The Hall–Kier alpha value is -3.11. The fraction of sp³-hybridized carbons (Fsp3) is 0.348. The van der Waals surface area contributed by atoms with E-state index in [4.69, 9.17) is 4.98 Å². The van der Waals surface area contributed by atoms with Crippen LogP contribution in [-0.2, 0) is 11.3 Å². The van der Waals surface area contributed by atoms with Gasteiger partial charge in [0.1, 0.15) is 0 Å². The standard InChI is InChI=1S/C23H26N6O2S2/c1-12(2)18-8-16(17-10-25-29(13(3)4)21(17)26-18)22(31)28-23-27-19(11-32-23)20-7-6-15(33-20)9-24-14(5)30/h6-8,10-13H,9H2,1-5H3,(H,24,30)(H,27,28,31). The maximum absolute atomic E-state index is 13.2. The number of hydrogen-bond acceptors (Lipinski definition) is 7. The zero-order valence-electron chi connectivity index (χ0n) is 19.2. The molecule has 8 nitrogen and oxygen atoms in total. The Morgan fingerprint density at radius 1 is 1.15 bits per heavy atom. The fourth-order valence-electron chi connectivity index (χ4n) is 3.33. The number of anilines is 1. The van der Waals surface area contributed by atoms with Gasteiger partial charge in [-0.05, 0) is 38.0 Å². The van der Waals surface area contributed by atoms with Gasteiger partial charge in [-0.1, -0.05) is 13.8 Å². The molecule has 0 aliphatic heterocycles. The molecule has 4 rings (SSSR count). The zero-order chi connectivity index (χ0) is 23.7. The number of amides is 2. The van der Waals surface area contributed by atoms with E-state index < -0.39 is 0 Å². The Kier molecular flexibility index (Phi) is 6.57. The van der Waals surface area contributed by atoms with E-state index in [2.05, 4.69) is 34.6 Å². The summed E-state index contributed by atoms with van der Waals surface area (Å²) in [4.78, 5) is 35.7. The Morgan fingerprint density at radius 2 is 1.94 bits per heavy atom. The van der Waals surface area contributed by atoms with E-state index in [-0.39, 0.29) is 23.8 Å². The van der Waals surface area contributed by atoms with Crippen LogP contribution in [0, 0.1) is 0 Å². The average Bonchev–Trinajstić information content (AvgIpc) is 3.50. The van der Waals surface area contributed by atoms with E-state index in [9.17, 15) is 9.59 Å². The van der Waals surface area contributed by atoms with Crippen molar-refractivity contribution in [1.82, 2.24) is 25.1 Å². The average molecular weight is 483 g/mol. The lowest BCUT2D eigenvalue weighted by atomic mass is 10.0. The number of rotatable bonds is 7. The number of carbonyl (C=O) groups excluding carboxylic acids is 2. The molecule has 2 N–H and O–H groups in total. The minimum absolute atomic E-state index is 0.0617. The van der Waals surface area contributed by atoms with Crippen LogP contribution in [0.1, 0.15) is 67.5 Å². The first-order chi connectivity index (χ1) is 15.7. The first-order valence-electron chi connectivity index (χ1n) is 10.7. The number of nitrogens with one attached hydrogen (secondary N) is 2. The molecule has 0 saturated carbocycles. The van der Waals surface area contributed by atoms with Crippen molar-refractivity contribution in [2.45, 2.75) is 53.1 Å². The Balaban J connectivity index is 1.58. The third kappa shape index (κ3) is 4.96. The predicted molar refractivity (Wildman–Crippen MR) is 133 cm³/mol. The van der Waals surface area contributed by atoms with E-state index in [1.165, 1.54) is 18.3 Å². The molecule has 0 bridgehead atoms. The minimum Gasteiger partial charge on any atom is -0.351 e. The molecule has 172 valence electrons. The van der Waals surface area contributed by atoms with E-state index in [1.54, 1.807) is 17.5 Å². The van der Waals surface area contributed by atoms with Crippen LogP contribution >= 0.6 is 22.7 Å². The Morgan fingerprint density at radius 3 is 2.64 bits per heavy atom. The number of carbonyl (C=O) groups is 2. The normalized spacial score (nSPS) is 11.5. The van der Waals surface area contributed by atoms with Crippen molar-refractivity contribution in [1.29, 1.82) is 0 Å². The van der Waals surface area contributed by atoms with Crippen LogP contribution in [0.25, 0.3) is 21.6 Å². The number of nitrogens with zero attached hydrogens (tertiary/aromatic N) is 4. The molecular weight excluding hydrogens is 456 g/mol. The van der Waals surface area contributed by atoms with Crippen LogP contribution in [-0.4, -0.2) is 31.6 Å². The van der Waals surface area contributed by atoms with Gasteiger partial charge >= 0.3 is 0 Å². The number of pyridine rings is 1. The fourth-order valence-corrected chi connectivity index (χ4v) is 5.02. The van der Waals surface area contributed by atoms with Crippen molar-refractivity contribution in [3.05, 3.63) is 45.9 Å². The molecule has 0 aromatic carbocycles. The third-order valence-electron chi connectivity index (χ3n) is 5.06. The van der Waals surface area contributed by atoms with Crippen molar-refractivity contribution in [3.63, 3.8) is 0 Å². The second kappa shape index (κ2) is 9.40. The van der Waals surface area contributed by atoms with Crippen molar-refractivity contribution in [2.24, 2.45) is 0 Å². The van der Waals surface area contributed by atoms with Gasteiger partial charge in [0.15, 0.2) is 10.8 Å². The predicted octanol–water partition coefficient (Wildman–Crippen LogP) is 5.21. The van der Waals surface area contributed by atoms with Crippen LogP contribution in [0.5, 0.6) is 0 Å². The molecule has 2 amide bonds. The van der Waals surface area contributed by atoms with Gasteiger partial charge in [0.05, 0.1) is 34.3 Å². The highest BCUT2D eigenvalue weighted by Crippen LogP contribution is 2.31. The summed E-state index contributed by atoms with van der Waals surface area (Å²) in [5.41, 5.74) is 2.90. The van der Waals surface area contributed by atoms with Crippen LogP contribution in [0.3, 0.4) is 0 Å². The van der Waals surface area contributed by atoms with E-state index in [0.29, 0.717) is 22.9 Å². The number of thiophene rings is 1. The highest BCUT2D eigenvalue weighted by Gasteiger charge is 2.20. The highest BCUT2D eigenvalue weighted by atomic mass is 32.1. The molecule has 33 heavy (non-hydrogen) atoms. The molecule has 0 saturated heterocycles. The van der Waals surface area contributed by atoms with Crippen molar-refractivity contribution < 1.29 is 9.59 Å². The van der Waals surface area contributed by atoms with E-state index in [1.807, 2.05) is 42.1 Å². The Labute approximate surface area is 200 Å². The molecule has 0 fully saturated rings. The zero-order valence-corrected chi connectivity index (χ0v) is 20.8. The SMILES string of the molecule is CC(=O)NCc1ccc(-c2csc(NC(=O)c3cc(C(C)C)nc4c3cnn4C(C)C)n2)s1. The van der Waals surface area contributed by atoms with Crippen molar-refractivity contribution in [3.8, 4) is 10.6 Å². The summed E-state index contributed by atoms with van der Waals surface area (Å²) in [6, 6.07) is 5.93. The molecule has 4 aromatic heterocycles. The number of thiazole rings is 1. The van der Waals surface area contributed by atoms with Gasteiger partial charge in [0.2, 0.25) is 5.91 Å². The first kappa shape index (κ1) is 23.1. The summed E-state index contributed by atoms with van der Waals surface area (Å²) in [5, 5.41) is 13.4. The summed E-state index contributed by atoms with van der Waals surface area (Å²) in [5.74, 6) is -0.118. The number of aromatic nitrogens is 4. The summed E-state index contributed by atoms with van der Waals surface area (Å²) in [7, 11) is 0. The lowest BCUT2D eigenvalue weighted by molar-refractivity contribution is -0.119. The molecule has 0 radical (unpaired) electrons. The smallest absolute Gasteiger partial charge is 0.258 e. The summed E-state index contributed by atoms with van der Waals surface area (Å²) >= 11 is 2.94. The van der Waals surface area contributed by atoms with Gasteiger partial charge in [-0.3, -0.25) is 14.9 Å². The van der Waals surface area contributed by atoms with Crippen molar-refractivity contribution in [2.75, 3.05) is 5.32 Å². The van der Waals surface area contributed by atoms with E-state index in [0.717, 1.165) is 26.5 Å². The quantitative estimate of drug-likeness (QED) is 0.377. The minimum atomic E-state index is -0.231. The van der Waals surface area contributed by atoms with Gasteiger partial charge in [-0.15, -0.1) is 22.7 Å². The molecule has 0 spiro atoms. The lowest BCUT2D eigenvalue weighted by Gasteiger charge is -2.11. The molecule has 4 aromatic rings. The molecule has 0 unspecified atom stereocenters. The molecule has 0 aliphatic rings. The molecule has 4 heterocycles. The van der Waals surface area contributed by atoms with Crippen molar-refractivity contribution >= 4 is 50.7 Å². The van der Waals surface area contributed by atoms with Crippen LogP contribution in [0.4, 0.5) is 5.13 Å². The summed E-state index contributed by atoms with van der Waals surface area (Å²) in [6.07, 6.45) is 1.71. The Bertz CT molecular complexity index is 1320. The van der Waals surface area contributed by atoms with Gasteiger partial charge in [0, 0.05) is 28.9 Å². The topological polar surface area (TPSA) is 102 Å². The van der Waals surface area contributed by atoms with Gasteiger partial charge in [-0.25, -0.2) is 14.6 Å². The maximum Gasteiger partial charge on any atom is 0.258 e.